The zero-order chi connectivity index (χ0) is 22.9. The summed E-state index contributed by atoms with van der Waals surface area (Å²) in [6.07, 6.45) is 0. The number of hydrogen-bond donors (Lipinski definition) is 0. The summed E-state index contributed by atoms with van der Waals surface area (Å²) < 4.78 is 30.9. The molecular formula is C23H20BrN3O3S2. The van der Waals surface area contributed by atoms with E-state index in [1.807, 2.05) is 60.1 Å². The van der Waals surface area contributed by atoms with Gasteiger partial charge in [-0.2, -0.15) is 9.30 Å². The van der Waals surface area contributed by atoms with E-state index in [2.05, 4.69) is 20.9 Å². The number of carbonyl (C=O) groups is 1. The van der Waals surface area contributed by atoms with Crippen LogP contribution in [0.2, 0.25) is 0 Å². The highest BCUT2D eigenvalue weighted by molar-refractivity contribution is 9.10. The van der Waals surface area contributed by atoms with Gasteiger partial charge in [-0.15, -0.1) is 0 Å². The first-order valence-electron chi connectivity index (χ1n) is 9.71. The largest absolute Gasteiger partial charge is 0.318 e. The third kappa shape index (κ3) is 4.47. The lowest BCUT2D eigenvalue weighted by Gasteiger charge is -2.17. The van der Waals surface area contributed by atoms with Crippen LogP contribution in [0, 0.1) is 0 Å². The van der Waals surface area contributed by atoms with Crippen molar-refractivity contribution in [1.82, 2.24) is 8.87 Å². The van der Waals surface area contributed by atoms with E-state index in [4.69, 9.17) is 0 Å². The number of amides is 1. The van der Waals surface area contributed by atoms with Crippen molar-refractivity contribution in [2.45, 2.75) is 11.4 Å². The number of benzene rings is 3. The summed E-state index contributed by atoms with van der Waals surface area (Å²) in [5.74, 6) is -0.426. The second-order valence-corrected chi connectivity index (χ2v) is 11.1. The van der Waals surface area contributed by atoms with E-state index in [0.717, 1.165) is 20.3 Å². The van der Waals surface area contributed by atoms with Crippen LogP contribution in [-0.2, 0) is 23.6 Å². The number of aryl methyl sites for hydroxylation is 1. The molecule has 0 saturated carbocycles. The van der Waals surface area contributed by atoms with Crippen molar-refractivity contribution in [2.75, 3.05) is 7.05 Å². The van der Waals surface area contributed by atoms with Crippen molar-refractivity contribution in [3.05, 3.63) is 93.2 Å². The van der Waals surface area contributed by atoms with Gasteiger partial charge in [0.2, 0.25) is 10.0 Å². The lowest BCUT2D eigenvalue weighted by atomic mass is 10.2. The number of rotatable bonds is 5. The van der Waals surface area contributed by atoms with Crippen LogP contribution in [0.4, 0.5) is 0 Å². The van der Waals surface area contributed by atoms with Crippen molar-refractivity contribution in [3.8, 4) is 0 Å². The minimum Gasteiger partial charge on any atom is -0.318 e. The number of para-hydroxylation sites is 1. The van der Waals surface area contributed by atoms with Crippen LogP contribution in [-0.4, -0.2) is 30.2 Å². The molecule has 4 rings (SSSR count). The van der Waals surface area contributed by atoms with Crippen LogP contribution >= 0.6 is 27.3 Å². The highest BCUT2D eigenvalue weighted by Crippen LogP contribution is 2.25. The summed E-state index contributed by atoms with van der Waals surface area (Å²) in [6, 6.07) is 21.1. The highest BCUT2D eigenvalue weighted by Gasteiger charge is 2.21. The maximum Gasteiger partial charge on any atom is 0.279 e. The lowest BCUT2D eigenvalue weighted by Crippen LogP contribution is -2.26. The molecule has 164 valence electrons. The van der Waals surface area contributed by atoms with E-state index in [1.165, 1.54) is 47.0 Å². The second-order valence-electron chi connectivity index (χ2n) is 7.22. The molecule has 0 unspecified atom stereocenters. The molecule has 9 heteroatoms. The first kappa shape index (κ1) is 22.6. The first-order chi connectivity index (χ1) is 15.3. The maximum atomic E-state index is 12.9. The average molecular weight is 530 g/mol. The van der Waals surface area contributed by atoms with E-state index in [-0.39, 0.29) is 11.4 Å². The van der Waals surface area contributed by atoms with Gasteiger partial charge in [-0.3, -0.25) is 4.79 Å². The molecule has 0 aliphatic carbocycles. The molecule has 0 aliphatic rings. The summed E-state index contributed by atoms with van der Waals surface area (Å²) in [7, 11) is -0.290. The Bertz CT molecular complexity index is 1460. The number of hydrogen-bond acceptors (Lipinski definition) is 4. The molecule has 0 bridgehead atoms. The predicted octanol–water partition coefficient (Wildman–Crippen LogP) is 4.56. The zero-order valence-electron chi connectivity index (χ0n) is 17.4. The standard InChI is InChI=1S/C23H20BrN3O3S2/c1-26(15-16-7-4-3-5-8-16)32(29,30)18-13-11-17(12-14-18)22(28)25-23-27(2)21-19(24)9-6-10-20(21)31-23/h3-14H,15H2,1-2H3. The fourth-order valence-corrected chi connectivity index (χ4v) is 6.26. The molecule has 0 fully saturated rings. The molecule has 0 atom stereocenters. The van der Waals surface area contributed by atoms with E-state index in [9.17, 15) is 13.2 Å². The monoisotopic (exact) mass is 529 g/mol. The van der Waals surface area contributed by atoms with Crippen molar-refractivity contribution < 1.29 is 13.2 Å². The molecule has 1 amide bonds. The zero-order valence-corrected chi connectivity index (χ0v) is 20.6. The summed E-state index contributed by atoms with van der Waals surface area (Å²) in [5, 5.41) is 0. The Labute approximate surface area is 198 Å². The maximum absolute atomic E-state index is 12.9. The number of carbonyl (C=O) groups excluding carboxylic acids is 1. The first-order valence-corrected chi connectivity index (χ1v) is 12.8. The quantitative estimate of drug-likeness (QED) is 0.380. The molecule has 4 aromatic rings. The molecule has 0 radical (unpaired) electrons. The van der Waals surface area contributed by atoms with Crippen LogP contribution in [0.25, 0.3) is 10.2 Å². The molecule has 0 spiro atoms. The van der Waals surface area contributed by atoms with Gasteiger partial charge in [-0.25, -0.2) is 8.42 Å². The smallest absolute Gasteiger partial charge is 0.279 e. The SMILES string of the molecule is CN(Cc1ccccc1)S(=O)(=O)c1ccc(C(=O)N=c2sc3cccc(Br)c3n2C)cc1. The van der Waals surface area contributed by atoms with E-state index in [1.54, 1.807) is 0 Å². The number of aromatic nitrogens is 1. The third-order valence-electron chi connectivity index (χ3n) is 5.03. The lowest BCUT2D eigenvalue weighted by molar-refractivity contribution is 0.0998. The van der Waals surface area contributed by atoms with E-state index < -0.39 is 15.9 Å². The van der Waals surface area contributed by atoms with Crippen molar-refractivity contribution >= 4 is 53.4 Å². The Morgan fingerprint density at radius 2 is 1.72 bits per heavy atom. The van der Waals surface area contributed by atoms with Crippen LogP contribution in [0.5, 0.6) is 0 Å². The van der Waals surface area contributed by atoms with Gasteiger partial charge in [-0.1, -0.05) is 47.7 Å². The van der Waals surface area contributed by atoms with Gasteiger partial charge in [0.05, 0.1) is 15.1 Å². The van der Waals surface area contributed by atoms with Gasteiger partial charge >= 0.3 is 0 Å². The topological polar surface area (TPSA) is 71.7 Å². The number of halogens is 1. The van der Waals surface area contributed by atoms with E-state index >= 15 is 0 Å². The summed E-state index contributed by atoms with van der Waals surface area (Å²) >= 11 is 4.95. The number of sulfonamides is 1. The fraction of sp³-hybridized carbons (Fsp3) is 0.130. The number of fused-ring (bicyclic) bond motifs is 1. The van der Waals surface area contributed by atoms with Gasteiger partial charge in [-0.05, 0) is 57.9 Å². The summed E-state index contributed by atoms with van der Waals surface area (Å²) in [5.41, 5.74) is 2.19. The molecule has 1 aromatic heterocycles. The van der Waals surface area contributed by atoms with Crippen molar-refractivity contribution in [2.24, 2.45) is 12.0 Å². The Morgan fingerprint density at radius 3 is 2.38 bits per heavy atom. The summed E-state index contributed by atoms with van der Waals surface area (Å²) in [4.78, 5) is 17.7. The molecule has 0 N–H and O–H groups in total. The number of thiazole rings is 1. The fourth-order valence-electron chi connectivity index (χ4n) is 3.29. The highest BCUT2D eigenvalue weighted by atomic mass is 79.9. The average Bonchev–Trinajstić information content (AvgIpc) is 3.10. The Balaban J connectivity index is 1.58. The van der Waals surface area contributed by atoms with Gasteiger partial charge in [0.25, 0.3) is 5.91 Å². The normalized spacial score (nSPS) is 12.6. The molecular weight excluding hydrogens is 510 g/mol. The Morgan fingerprint density at radius 1 is 1.03 bits per heavy atom. The van der Waals surface area contributed by atoms with Crippen molar-refractivity contribution in [1.29, 1.82) is 0 Å². The van der Waals surface area contributed by atoms with Crippen LogP contribution in [0.15, 0.2) is 87.2 Å². The summed E-state index contributed by atoms with van der Waals surface area (Å²) in [6.45, 7) is 0.261. The van der Waals surface area contributed by atoms with E-state index in [0.29, 0.717) is 10.4 Å². The van der Waals surface area contributed by atoms with Crippen LogP contribution in [0.1, 0.15) is 15.9 Å². The van der Waals surface area contributed by atoms with Gasteiger partial charge < -0.3 is 4.57 Å². The molecule has 0 aliphatic heterocycles. The third-order valence-corrected chi connectivity index (χ3v) is 8.58. The molecule has 6 nitrogen and oxygen atoms in total. The van der Waals surface area contributed by atoms with Gasteiger partial charge in [0, 0.05) is 30.7 Å². The van der Waals surface area contributed by atoms with Gasteiger partial charge in [0.1, 0.15) is 0 Å². The Hall–Kier alpha value is -2.59. The Kier molecular flexibility index (Phi) is 6.43. The molecule has 0 saturated heterocycles. The second kappa shape index (κ2) is 9.11. The van der Waals surface area contributed by atoms with Crippen LogP contribution < -0.4 is 4.80 Å². The van der Waals surface area contributed by atoms with Crippen LogP contribution in [0.3, 0.4) is 0 Å². The predicted molar refractivity (Wildman–Crippen MR) is 130 cm³/mol. The molecule has 3 aromatic carbocycles. The van der Waals surface area contributed by atoms with Crippen molar-refractivity contribution in [3.63, 3.8) is 0 Å². The van der Waals surface area contributed by atoms with Gasteiger partial charge in [0.15, 0.2) is 4.80 Å². The minimum atomic E-state index is -3.68. The molecule has 32 heavy (non-hydrogen) atoms. The molecule has 1 heterocycles. The minimum absolute atomic E-state index is 0.129. The number of nitrogens with zero attached hydrogens (tertiary/aromatic N) is 3.